The van der Waals surface area contributed by atoms with E-state index in [9.17, 15) is 0 Å². The van der Waals surface area contributed by atoms with Gasteiger partial charge in [-0.05, 0) is 20.3 Å². The number of nitrogens with one attached hydrogen (secondary N) is 1. The molecular weight excluding hydrogens is 136 g/mol. The number of nitriles is 1. The van der Waals surface area contributed by atoms with Gasteiger partial charge in [-0.25, -0.2) is 0 Å². The largest absolute Gasteiger partial charge is 0.298 e. The van der Waals surface area contributed by atoms with E-state index in [4.69, 9.17) is 5.26 Å². The van der Waals surface area contributed by atoms with Crippen LogP contribution >= 0.6 is 0 Å². The first-order valence-electron chi connectivity index (χ1n) is 3.97. The second-order valence-corrected chi connectivity index (χ2v) is 2.78. The van der Waals surface area contributed by atoms with Crippen molar-refractivity contribution >= 4 is 0 Å². The predicted octanol–water partition coefficient (Wildman–Crippen LogP) is 1.84. The predicted molar refractivity (Wildman–Crippen MR) is 47.1 cm³/mol. The van der Waals surface area contributed by atoms with Gasteiger partial charge in [-0.1, -0.05) is 18.6 Å². The van der Waals surface area contributed by atoms with Gasteiger partial charge in [0.15, 0.2) is 0 Å². The van der Waals surface area contributed by atoms with Gasteiger partial charge in [0.25, 0.3) is 0 Å². The first-order chi connectivity index (χ1) is 5.20. The van der Waals surface area contributed by atoms with Crippen molar-refractivity contribution in [2.24, 2.45) is 0 Å². The van der Waals surface area contributed by atoms with Crippen LogP contribution in [0.2, 0.25) is 0 Å². The highest BCUT2D eigenvalue weighted by Gasteiger charge is 1.99. The molecular formula is C9H16N2. The Morgan fingerprint density at radius 1 is 1.64 bits per heavy atom. The third-order valence-electron chi connectivity index (χ3n) is 1.44. The zero-order chi connectivity index (χ0) is 8.69. The molecule has 0 aromatic carbocycles. The number of nitrogens with zero attached hydrogens (tertiary/aromatic N) is 1. The summed E-state index contributed by atoms with van der Waals surface area (Å²) >= 11 is 0. The molecule has 0 aromatic rings. The first-order valence-corrected chi connectivity index (χ1v) is 3.97. The molecule has 0 bridgehead atoms. The molecule has 1 unspecified atom stereocenters. The lowest BCUT2D eigenvalue weighted by molar-refractivity contribution is 0.626. The monoisotopic (exact) mass is 152 g/mol. The van der Waals surface area contributed by atoms with Gasteiger partial charge in [0.05, 0.1) is 12.1 Å². The quantitative estimate of drug-likeness (QED) is 0.624. The van der Waals surface area contributed by atoms with Gasteiger partial charge in [0, 0.05) is 6.54 Å². The van der Waals surface area contributed by atoms with E-state index in [2.05, 4.69) is 31.3 Å². The lowest BCUT2D eigenvalue weighted by Crippen LogP contribution is -2.26. The topological polar surface area (TPSA) is 35.8 Å². The van der Waals surface area contributed by atoms with E-state index < -0.39 is 0 Å². The number of allylic oxidation sites excluding steroid dienone is 1. The molecule has 1 N–H and O–H groups in total. The Bertz CT molecular complexity index is 161. The smallest absolute Gasteiger partial charge is 0.0952 e. The van der Waals surface area contributed by atoms with Gasteiger partial charge in [0.2, 0.25) is 0 Å². The first kappa shape index (κ1) is 10.2. The van der Waals surface area contributed by atoms with Gasteiger partial charge in [-0.15, -0.1) is 0 Å². The highest BCUT2D eigenvalue weighted by molar-refractivity contribution is 4.97. The molecule has 2 nitrogen and oxygen atoms in total. The van der Waals surface area contributed by atoms with Crippen LogP contribution in [0.25, 0.3) is 0 Å². The summed E-state index contributed by atoms with van der Waals surface area (Å²) in [7, 11) is 0. The van der Waals surface area contributed by atoms with Gasteiger partial charge < -0.3 is 0 Å². The lowest BCUT2D eigenvalue weighted by atomic mass is 10.2. The van der Waals surface area contributed by atoms with Crippen LogP contribution in [0, 0.1) is 11.3 Å². The van der Waals surface area contributed by atoms with Crippen molar-refractivity contribution in [3.63, 3.8) is 0 Å². The number of hydrogen-bond donors (Lipinski definition) is 1. The number of rotatable bonds is 4. The van der Waals surface area contributed by atoms with E-state index in [1.807, 2.05) is 6.92 Å². The summed E-state index contributed by atoms with van der Waals surface area (Å²) in [4.78, 5) is 0. The van der Waals surface area contributed by atoms with Crippen LogP contribution in [-0.4, -0.2) is 12.6 Å². The van der Waals surface area contributed by atoms with E-state index in [1.54, 1.807) is 0 Å². The molecule has 0 aliphatic carbocycles. The van der Waals surface area contributed by atoms with Crippen molar-refractivity contribution in [2.45, 2.75) is 33.2 Å². The van der Waals surface area contributed by atoms with E-state index >= 15 is 0 Å². The number of hydrogen-bond acceptors (Lipinski definition) is 2. The molecule has 0 heterocycles. The van der Waals surface area contributed by atoms with Crippen molar-refractivity contribution in [3.8, 4) is 6.07 Å². The molecule has 1 atom stereocenters. The molecule has 0 spiro atoms. The molecule has 2 heteroatoms. The van der Waals surface area contributed by atoms with Crippen LogP contribution in [0.4, 0.5) is 0 Å². The van der Waals surface area contributed by atoms with E-state index in [1.165, 1.54) is 5.57 Å². The standard InChI is InChI=1S/C9H16N2/c1-4-9(7-10)11-6-5-8(2)3/h5,9,11H,4,6H2,1-3H3. The Balaban J connectivity index is 3.54. The Labute approximate surface area is 68.9 Å². The van der Waals surface area contributed by atoms with E-state index in [0.29, 0.717) is 0 Å². The minimum atomic E-state index is 0.00519. The van der Waals surface area contributed by atoms with E-state index in [-0.39, 0.29) is 6.04 Å². The van der Waals surface area contributed by atoms with E-state index in [0.717, 1.165) is 13.0 Å². The molecule has 0 fully saturated rings. The summed E-state index contributed by atoms with van der Waals surface area (Å²) in [5, 5.41) is 11.7. The fourth-order valence-corrected chi connectivity index (χ4v) is 0.687. The van der Waals surface area contributed by atoms with Crippen molar-refractivity contribution in [3.05, 3.63) is 11.6 Å². The van der Waals surface area contributed by atoms with Crippen molar-refractivity contribution in [2.75, 3.05) is 6.54 Å². The summed E-state index contributed by atoms with van der Waals surface area (Å²) in [6, 6.07) is 2.19. The van der Waals surface area contributed by atoms with Crippen LogP contribution in [-0.2, 0) is 0 Å². The van der Waals surface area contributed by atoms with Gasteiger partial charge in [-0.3, -0.25) is 5.32 Å². The van der Waals surface area contributed by atoms with Gasteiger partial charge in [-0.2, -0.15) is 5.26 Å². The summed E-state index contributed by atoms with van der Waals surface area (Å²) in [5.74, 6) is 0. The minimum Gasteiger partial charge on any atom is -0.298 e. The molecule has 0 radical (unpaired) electrons. The fraction of sp³-hybridized carbons (Fsp3) is 0.667. The molecule has 11 heavy (non-hydrogen) atoms. The molecule has 62 valence electrons. The molecule has 0 aliphatic rings. The zero-order valence-electron chi connectivity index (χ0n) is 7.52. The Hall–Kier alpha value is -0.810. The van der Waals surface area contributed by atoms with Crippen LogP contribution in [0.3, 0.4) is 0 Å². The van der Waals surface area contributed by atoms with Crippen molar-refractivity contribution in [1.29, 1.82) is 5.26 Å². The summed E-state index contributed by atoms with van der Waals surface area (Å²) in [6.07, 6.45) is 2.95. The van der Waals surface area contributed by atoms with Crippen molar-refractivity contribution in [1.82, 2.24) is 5.32 Å². The second-order valence-electron chi connectivity index (χ2n) is 2.78. The molecule has 0 aliphatic heterocycles. The van der Waals surface area contributed by atoms with Crippen LogP contribution in [0.5, 0.6) is 0 Å². The molecule has 0 amide bonds. The summed E-state index contributed by atoms with van der Waals surface area (Å²) < 4.78 is 0. The molecule has 0 saturated heterocycles. The Morgan fingerprint density at radius 2 is 2.27 bits per heavy atom. The molecule has 0 aromatic heterocycles. The maximum absolute atomic E-state index is 8.56. The highest BCUT2D eigenvalue weighted by atomic mass is 14.9. The summed E-state index contributed by atoms with van der Waals surface area (Å²) in [6.45, 7) is 6.90. The lowest BCUT2D eigenvalue weighted by Gasteiger charge is -2.05. The molecule has 0 rings (SSSR count). The Kier molecular flexibility index (Phi) is 5.50. The normalized spacial score (nSPS) is 11.8. The van der Waals surface area contributed by atoms with Gasteiger partial charge in [0.1, 0.15) is 0 Å². The van der Waals surface area contributed by atoms with Crippen molar-refractivity contribution < 1.29 is 0 Å². The van der Waals surface area contributed by atoms with Gasteiger partial charge >= 0.3 is 0 Å². The third kappa shape index (κ3) is 5.63. The second kappa shape index (κ2) is 5.94. The average Bonchev–Trinajstić information content (AvgIpc) is 1.98. The minimum absolute atomic E-state index is 0.00519. The van der Waals surface area contributed by atoms with Crippen LogP contribution < -0.4 is 5.32 Å². The fourth-order valence-electron chi connectivity index (χ4n) is 0.687. The molecule has 0 saturated carbocycles. The van der Waals surface area contributed by atoms with Crippen LogP contribution in [0.1, 0.15) is 27.2 Å². The maximum atomic E-state index is 8.56. The third-order valence-corrected chi connectivity index (χ3v) is 1.44. The highest BCUT2D eigenvalue weighted by Crippen LogP contribution is 1.89. The zero-order valence-corrected chi connectivity index (χ0v) is 7.52. The van der Waals surface area contributed by atoms with Crippen LogP contribution in [0.15, 0.2) is 11.6 Å². The Morgan fingerprint density at radius 3 is 2.64 bits per heavy atom. The maximum Gasteiger partial charge on any atom is 0.0952 e. The summed E-state index contributed by atoms with van der Waals surface area (Å²) in [5.41, 5.74) is 1.28. The average molecular weight is 152 g/mol. The SMILES string of the molecule is CCC(C#N)NCC=C(C)C.